The monoisotopic (exact) mass is 367 g/mol. The number of nitro groups is 1. The lowest BCUT2D eigenvalue weighted by atomic mass is 10.2. The second-order valence-corrected chi connectivity index (χ2v) is 6.51. The number of nitrogens with zero attached hydrogens (tertiary/aromatic N) is 4. The van der Waals surface area contributed by atoms with Gasteiger partial charge in [-0.05, 0) is 23.4 Å². The van der Waals surface area contributed by atoms with Crippen LogP contribution in [0, 0.1) is 17.0 Å². The largest absolute Gasteiger partial charge is 0.365 e. The Morgan fingerprint density at radius 3 is 2.96 bits per heavy atom. The summed E-state index contributed by atoms with van der Waals surface area (Å²) in [6, 6.07) is 8.21. The third-order valence-corrected chi connectivity index (χ3v) is 4.85. The molecule has 1 N–H and O–H groups in total. The van der Waals surface area contributed by atoms with E-state index in [1.807, 2.05) is 18.4 Å². The highest BCUT2D eigenvalue weighted by atomic mass is 32.1. The van der Waals surface area contributed by atoms with Crippen molar-refractivity contribution >= 4 is 33.1 Å². The zero-order chi connectivity index (χ0) is 18.1. The number of aromatic nitrogens is 3. The molecule has 4 aromatic rings. The van der Waals surface area contributed by atoms with Crippen LogP contribution in [0.25, 0.3) is 21.8 Å². The van der Waals surface area contributed by atoms with Crippen LogP contribution >= 0.6 is 11.3 Å². The molecule has 26 heavy (non-hydrogen) atoms. The SMILES string of the molecule is Cc1csc2nc(-c3ccno3)nc(NCc3cccc([N+](=O)[O-])c3)c12. The molecule has 0 atom stereocenters. The average molecular weight is 367 g/mol. The number of thiophene rings is 1. The number of nitrogens with one attached hydrogen (secondary N) is 1. The van der Waals surface area contributed by atoms with E-state index in [-0.39, 0.29) is 5.69 Å². The van der Waals surface area contributed by atoms with Crippen molar-refractivity contribution in [1.82, 2.24) is 15.1 Å². The Morgan fingerprint density at radius 2 is 2.19 bits per heavy atom. The molecule has 0 saturated carbocycles. The van der Waals surface area contributed by atoms with Gasteiger partial charge in [0.25, 0.3) is 5.69 Å². The van der Waals surface area contributed by atoms with E-state index in [9.17, 15) is 10.1 Å². The van der Waals surface area contributed by atoms with Crippen LogP contribution in [0.15, 0.2) is 46.4 Å². The van der Waals surface area contributed by atoms with Gasteiger partial charge in [-0.25, -0.2) is 9.97 Å². The molecule has 130 valence electrons. The first-order valence-electron chi connectivity index (χ1n) is 7.76. The van der Waals surface area contributed by atoms with Crippen molar-refractivity contribution in [2.45, 2.75) is 13.5 Å². The highest BCUT2D eigenvalue weighted by molar-refractivity contribution is 7.17. The van der Waals surface area contributed by atoms with Crippen LogP contribution in [0.2, 0.25) is 0 Å². The molecule has 4 rings (SSSR count). The van der Waals surface area contributed by atoms with Crippen molar-refractivity contribution < 1.29 is 9.45 Å². The first-order chi connectivity index (χ1) is 12.6. The molecular formula is C17H13N5O3S. The van der Waals surface area contributed by atoms with E-state index in [2.05, 4.69) is 20.4 Å². The fraction of sp³-hybridized carbons (Fsp3) is 0.118. The van der Waals surface area contributed by atoms with E-state index in [0.29, 0.717) is 23.9 Å². The molecule has 0 amide bonds. The van der Waals surface area contributed by atoms with Gasteiger partial charge in [-0.3, -0.25) is 10.1 Å². The number of fused-ring (bicyclic) bond motifs is 1. The number of anilines is 1. The molecule has 3 aromatic heterocycles. The fourth-order valence-electron chi connectivity index (χ4n) is 2.62. The van der Waals surface area contributed by atoms with Crippen LogP contribution in [0.3, 0.4) is 0 Å². The predicted molar refractivity (Wildman–Crippen MR) is 98.1 cm³/mol. The highest BCUT2D eigenvalue weighted by Gasteiger charge is 2.15. The zero-order valence-corrected chi connectivity index (χ0v) is 14.5. The van der Waals surface area contributed by atoms with Crippen molar-refractivity contribution in [3.63, 3.8) is 0 Å². The minimum absolute atomic E-state index is 0.0613. The van der Waals surface area contributed by atoms with Crippen molar-refractivity contribution in [1.29, 1.82) is 0 Å². The molecule has 0 bridgehead atoms. The molecule has 0 fully saturated rings. The van der Waals surface area contributed by atoms with Crippen molar-refractivity contribution in [2.75, 3.05) is 5.32 Å². The minimum Gasteiger partial charge on any atom is -0.365 e. The van der Waals surface area contributed by atoms with Crippen molar-refractivity contribution in [3.8, 4) is 11.6 Å². The van der Waals surface area contributed by atoms with Gasteiger partial charge in [-0.15, -0.1) is 11.3 Å². The first kappa shape index (κ1) is 16.2. The van der Waals surface area contributed by atoms with Crippen LogP contribution in [0.4, 0.5) is 11.5 Å². The Kier molecular flexibility index (Phi) is 4.05. The Balaban J connectivity index is 1.70. The number of benzene rings is 1. The summed E-state index contributed by atoms with van der Waals surface area (Å²) < 4.78 is 5.16. The molecule has 0 spiro atoms. The summed E-state index contributed by atoms with van der Waals surface area (Å²) in [5.74, 6) is 1.58. The summed E-state index contributed by atoms with van der Waals surface area (Å²) in [5, 5.41) is 20.9. The molecule has 3 heterocycles. The van der Waals surface area contributed by atoms with Crippen molar-refractivity contribution in [3.05, 3.63) is 63.1 Å². The molecule has 0 aliphatic rings. The van der Waals surface area contributed by atoms with E-state index < -0.39 is 4.92 Å². The number of aryl methyl sites for hydroxylation is 1. The molecule has 8 nitrogen and oxygen atoms in total. The summed E-state index contributed by atoms with van der Waals surface area (Å²) in [7, 11) is 0. The van der Waals surface area contributed by atoms with Gasteiger partial charge in [0.05, 0.1) is 16.5 Å². The Hall–Kier alpha value is -3.33. The van der Waals surface area contributed by atoms with Crippen LogP contribution in [-0.4, -0.2) is 20.0 Å². The van der Waals surface area contributed by atoms with Gasteiger partial charge < -0.3 is 9.84 Å². The molecule has 0 unspecified atom stereocenters. The van der Waals surface area contributed by atoms with Crippen molar-refractivity contribution in [2.24, 2.45) is 0 Å². The molecular weight excluding hydrogens is 354 g/mol. The third-order valence-electron chi connectivity index (χ3n) is 3.86. The van der Waals surface area contributed by atoms with E-state index >= 15 is 0 Å². The van der Waals surface area contributed by atoms with E-state index in [1.165, 1.54) is 17.4 Å². The Labute approximate surface area is 151 Å². The smallest absolute Gasteiger partial charge is 0.269 e. The van der Waals surface area contributed by atoms with Gasteiger partial charge in [0.15, 0.2) is 0 Å². The molecule has 0 aliphatic heterocycles. The third kappa shape index (κ3) is 3.00. The van der Waals surface area contributed by atoms with E-state index in [4.69, 9.17) is 4.52 Å². The van der Waals surface area contributed by atoms with Crippen LogP contribution in [0.5, 0.6) is 0 Å². The van der Waals surface area contributed by atoms with Crippen LogP contribution < -0.4 is 5.32 Å². The van der Waals surface area contributed by atoms with Gasteiger partial charge in [0.1, 0.15) is 10.6 Å². The molecule has 0 saturated heterocycles. The number of non-ortho nitro benzene ring substituents is 1. The second-order valence-electron chi connectivity index (χ2n) is 5.65. The number of hydrogen-bond acceptors (Lipinski definition) is 8. The maximum Gasteiger partial charge on any atom is 0.269 e. The lowest BCUT2D eigenvalue weighted by Gasteiger charge is -2.09. The first-order valence-corrected chi connectivity index (χ1v) is 8.64. The number of hydrogen-bond donors (Lipinski definition) is 1. The van der Waals surface area contributed by atoms with Gasteiger partial charge in [0.2, 0.25) is 11.6 Å². The maximum absolute atomic E-state index is 10.9. The fourth-order valence-corrected chi connectivity index (χ4v) is 3.54. The topological polar surface area (TPSA) is 107 Å². The Morgan fingerprint density at radius 1 is 1.31 bits per heavy atom. The minimum atomic E-state index is -0.405. The molecule has 9 heteroatoms. The summed E-state index contributed by atoms with van der Waals surface area (Å²) in [6.07, 6.45) is 1.54. The molecule has 0 radical (unpaired) electrons. The van der Waals surface area contributed by atoms with Gasteiger partial charge >= 0.3 is 0 Å². The standard InChI is InChI=1S/C17H13N5O3S/c1-10-9-26-17-14(10)16(20-15(21-17)13-5-6-19-25-13)18-8-11-3-2-4-12(7-11)22(23)24/h2-7,9H,8H2,1H3,(H,18,20,21). The summed E-state index contributed by atoms with van der Waals surface area (Å²) in [4.78, 5) is 20.5. The Bertz CT molecular complexity index is 1090. The quantitative estimate of drug-likeness (QED) is 0.416. The van der Waals surface area contributed by atoms with Gasteiger partial charge in [-0.2, -0.15) is 0 Å². The van der Waals surface area contributed by atoms with E-state index in [0.717, 1.165) is 21.3 Å². The predicted octanol–water partition coefficient (Wildman–Crippen LogP) is 4.18. The molecule has 0 aliphatic carbocycles. The zero-order valence-electron chi connectivity index (χ0n) is 13.7. The summed E-state index contributed by atoms with van der Waals surface area (Å²) in [5.41, 5.74) is 1.92. The highest BCUT2D eigenvalue weighted by Crippen LogP contribution is 2.32. The molecule has 1 aromatic carbocycles. The normalized spacial score (nSPS) is 11.0. The number of rotatable bonds is 5. The lowest BCUT2D eigenvalue weighted by molar-refractivity contribution is -0.384. The lowest BCUT2D eigenvalue weighted by Crippen LogP contribution is -2.04. The number of nitro benzene ring substituents is 1. The van der Waals surface area contributed by atoms with E-state index in [1.54, 1.807) is 24.4 Å². The average Bonchev–Trinajstić information content (AvgIpc) is 3.30. The van der Waals surface area contributed by atoms with Crippen LogP contribution in [0.1, 0.15) is 11.1 Å². The van der Waals surface area contributed by atoms with Gasteiger partial charge in [-0.1, -0.05) is 17.3 Å². The maximum atomic E-state index is 10.9. The second kappa shape index (κ2) is 6.52. The van der Waals surface area contributed by atoms with Crippen LogP contribution in [-0.2, 0) is 6.54 Å². The van der Waals surface area contributed by atoms with Gasteiger partial charge in [0, 0.05) is 24.7 Å². The summed E-state index contributed by atoms with van der Waals surface area (Å²) >= 11 is 1.53. The summed E-state index contributed by atoms with van der Waals surface area (Å²) in [6.45, 7) is 2.40.